The first-order chi connectivity index (χ1) is 5.65. The summed E-state index contributed by atoms with van der Waals surface area (Å²) in [6.45, 7) is 0. The lowest BCUT2D eigenvalue weighted by Crippen LogP contribution is -1.95. The zero-order valence-corrected chi connectivity index (χ0v) is 6.02. The Morgan fingerprint density at radius 3 is 2.67 bits per heavy atom. The van der Waals surface area contributed by atoms with Gasteiger partial charge in [0.2, 0.25) is 0 Å². The van der Waals surface area contributed by atoms with Crippen molar-refractivity contribution in [3.63, 3.8) is 0 Å². The first-order valence-corrected chi connectivity index (χ1v) is 3.11. The summed E-state index contributed by atoms with van der Waals surface area (Å²) in [5, 5.41) is 11.3. The predicted octanol–water partition coefficient (Wildman–Crippen LogP) is 0.881. The average molecular weight is 166 g/mol. The normalized spacial score (nSPS) is 9.33. The average Bonchev–Trinajstić information content (AvgIpc) is 2.03. The van der Waals surface area contributed by atoms with Crippen LogP contribution in [0.1, 0.15) is 10.4 Å². The van der Waals surface area contributed by atoms with Gasteiger partial charge in [0.15, 0.2) is 0 Å². The summed E-state index contributed by atoms with van der Waals surface area (Å²) in [4.78, 5) is 20.5. The van der Waals surface area contributed by atoms with Crippen LogP contribution < -0.4 is 5.73 Å². The summed E-state index contributed by atoms with van der Waals surface area (Å²) < 4.78 is 0. The molecule has 0 saturated heterocycles. The summed E-state index contributed by atoms with van der Waals surface area (Å²) in [7, 11) is 0. The Morgan fingerprint density at radius 2 is 2.17 bits per heavy atom. The van der Waals surface area contributed by atoms with E-state index in [1.165, 1.54) is 18.2 Å². The van der Waals surface area contributed by atoms with Crippen LogP contribution in [0.25, 0.3) is 0 Å². The zero-order valence-electron chi connectivity index (χ0n) is 6.02. The molecule has 0 radical (unpaired) electrons. The predicted molar refractivity (Wildman–Crippen MR) is 42.6 cm³/mol. The molecule has 0 aliphatic rings. The van der Waals surface area contributed by atoms with E-state index in [0.29, 0.717) is 5.69 Å². The molecular formula is C7H6N2O3. The third-order valence-electron chi connectivity index (χ3n) is 1.34. The lowest BCUT2D eigenvalue weighted by Gasteiger charge is -1.98. The molecule has 1 amide bonds. The van der Waals surface area contributed by atoms with Crippen molar-refractivity contribution >= 4 is 11.6 Å². The fourth-order valence-corrected chi connectivity index (χ4v) is 0.779. The molecule has 3 N–H and O–H groups in total. The van der Waals surface area contributed by atoms with Crippen LogP contribution in [-0.2, 0) is 0 Å². The van der Waals surface area contributed by atoms with Gasteiger partial charge in [-0.25, -0.2) is 0 Å². The van der Waals surface area contributed by atoms with Crippen LogP contribution in [0.15, 0.2) is 23.4 Å². The van der Waals surface area contributed by atoms with Crippen LogP contribution in [-0.4, -0.2) is 11.0 Å². The Balaban J connectivity index is 3.18. The number of carbonyl (C=O) groups excluding carboxylic acids is 1. The fourth-order valence-electron chi connectivity index (χ4n) is 0.779. The maximum absolute atomic E-state index is 10.7. The molecule has 0 heterocycles. The van der Waals surface area contributed by atoms with E-state index in [1.807, 2.05) is 0 Å². The second-order valence-electron chi connectivity index (χ2n) is 2.17. The number of hydrogen-bond donors (Lipinski definition) is 2. The topological polar surface area (TPSA) is 92.8 Å². The standard InChI is InChI=1S/C7H6N2O3/c8-4-1-2-5(6(10)3-4)7(11)9-12/h1-3,10H,8H2. The van der Waals surface area contributed by atoms with Gasteiger partial charge in [0.25, 0.3) is 0 Å². The Labute approximate surface area is 67.8 Å². The Morgan fingerprint density at radius 1 is 1.50 bits per heavy atom. The van der Waals surface area contributed by atoms with Crippen LogP contribution in [0, 0.1) is 4.91 Å². The number of phenols is 1. The van der Waals surface area contributed by atoms with Gasteiger partial charge in [-0.1, -0.05) is 0 Å². The molecule has 0 fully saturated rings. The van der Waals surface area contributed by atoms with Crippen molar-refractivity contribution in [3.05, 3.63) is 28.7 Å². The molecule has 0 saturated carbocycles. The molecule has 62 valence electrons. The summed E-state index contributed by atoms with van der Waals surface area (Å²) in [5.74, 6) is -1.34. The number of nitroso groups, excluding NO2 is 1. The van der Waals surface area contributed by atoms with Gasteiger partial charge in [0, 0.05) is 16.9 Å². The van der Waals surface area contributed by atoms with Crippen LogP contribution in [0.3, 0.4) is 0 Å². The first-order valence-electron chi connectivity index (χ1n) is 3.11. The maximum Gasteiger partial charge on any atom is 0.320 e. The quantitative estimate of drug-likeness (QED) is 0.478. The summed E-state index contributed by atoms with van der Waals surface area (Å²) in [5.41, 5.74) is 5.46. The van der Waals surface area contributed by atoms with Gasteiger partial charge in [0.1, 0.15) is 5.75 Å². The lowest BCUT2D eigenvalue weighted by molar-refractivity contribution is 0.0998. The van der Waals surface area contributed by atoms with E-state index >= 15 is 0 Å². The SMILES string of the molecule is Nc1ccc(C(=O)N=O)c(O)c1. The fraction of sp³-hybridized carbons (Fsp3) is 0. The highest BCUT2D eigenvalue weighted by Gasteiger charge is 2.10. The molecule has 0 spiro atoms. The van der Waals surface area contributed by atoms with Gasteiger partial charge in [0.05, 0.1) is 5.56 Å². The number of anilines is 1. The first kappa shape index (κ1) is 8.19. The van der Waals surface area contributed by atoms with Gasteiger partial charge >= 0.3 is 5.91 Å². The van der Waals surface area contributed by atoms with Crippen molar-refractivity contribution in [2.45, 2.75) is 0 Å². The van der Waals surface area contributed by atoms with Gasteiger partial charge in [-0.15, -0.1) is 4.91 Å². The molecule has 0 aliphatic carbocycles. The number of nitrogen functional groups attached to an aromatic ring is 1. The number of carbonyl (C=O) groups is 1. The van der Waals surface area contributed by atoms with Crippen LogP contribution in [0.4, 0.5) is 5.69 Å². The molecular weight excluding hydrogens is 160 g/mol. The van der Waals surface area contributed by atoms with E-state index in [9.17, 15) is 9.70 Å². The van der Waals surface area contributed by atoms with E-state index in [0.717, 1.165) is 0 Å². The number of nitrogens with two attached hydrogens (primary N) is 1. The molecule has 1 aromatic carbocycles. The van der Waals surface area contributed by atoms with Crippen molar-refractivity contribution in [1.82, 2.24) is 0 Å². The molecule has 0 atom stereocenters. The number of phenolic OH excluding ortho intramolecular Hbond substituents is 1. The summed E-state index contributed by atoms with van der Waals surface area (Å²) >= 11 is 0. The van der Waals surface area contributed by atoms with E-state index in [4.69, 9.17) is 10.8 Å². The number of aromatic hydroxyl groups is 1. The van der Waals surface area contributed by atoms with Crippen molar-refractivity contribution < 1.29 is 9.90 Å². The Bertz CT molecular complexity index is 335. The molecule has 0 aromatic heterocycles. The molecule has 0 unspecified atom stereocenters. The number of nitrogens with zero attached hydrogens (tertiary/aromatic N) is 1. The smallest absolute Gasteiger partial charge is 0.320 e. The molecule has 0 bridgehead atoms. The van der Waals surface area contributed by atoms with E-state index in [-0.39, 0.29) is 11.3 Å². The molecule has 5 heteroatoms. The highest BCUT2D eigenvalue weighted by Crippen LogP contribution is 2.20. The minimum atomic E-state index is -1.01. The number of amides is 1. The molecule has 0 aliphatic heterocycles. The second kappa shape index (κ2) is 3.00. The van der Waals surface area contributed by atoms with Crippen molar-refractivity contribution in [2.24, 2.45) is 5.18 Å². The van der Waals surface area contributed by atoms with Gasteiger partial charge in [-0.05, 0) is 12.1 Å². The van der Waals surface area contributed by atoms with Crippen LogP contribution in [0.5, 0.6) is 5.75 Å². The van der Waals surface area contributed by atoms with E-state index in [1.54, 1.807) is 0 Å². The van der Waals surface area contributed by atoms with E-state index in [2.05, 4.69) is 5.18 Å². The number of hydrogen-bond acceptors (Lipinski definition) is 4. The Kier molecular flexibility index (Phi) is 2.05. The maximum atomic E-state index is 10.7. The van der Waals surface area contributed by atoms with Gasteiger partial charge in [-0.3, -0.25) is 4.79 Å². The summed E-state index contributed by atoms with van der Waals surface area (Å²) in [6.07, 6.45) is 0. The molecule has 12 heavy (non-hydrogen) atoms. The number of benzene rings is 1. The second-order valence-corrected chi connectivity index (χ2v) is 2.17. The minimum absolute atomic E-state index is 0.140. The summed E-state index contributed by atoms with van der Waals surface area (Å²) in [6, 6.07) is 3.82. The molecule has 1 aromatic rings. The minimum Gasteiger partial charge on any atom is -0.507 e. The molecule has 5 nitrogen and oxygen atoms in total. The van der Waals surface area contributed by atoms with Crippen molar-refractivity contribution in [2.75, 3.05) is 5.73 Å². The van der Waals surface area contributed by atoms with Crippen molar-refractivity contribution in [1.29, 1.82) is 0 Å². The van der Waals surface area contributed by atoms with Crippen LogP contribution >= 0.6 is 0 Å². The zero-order chi connectivity index (χ0) is 9.14. The highest BCUT2D eigenvalue weighted by molar-refractivity contribution is 5.97. The lowest BCUT2D eigenvalue weighted by atomic mass is 10.2. The monoisotopic (exact) mass is 166 g/mol. The van der Waals surface area contributed by atoms with E-state index < -0.39 is 5.91 Å². The number of rotatable bonds is 1. The third kappa shape index (κ3) is 1.39. The highest BCUT2D eigenvalue weighted by atomic mass is 16.3. The third-order valence-corrected chi connectivity index (χ3v) is 1.34. The van der Waals surface area contributed by atoms with Crippen LogP contribution in [0.2, 0.25) is 0 Å². The largest absolute Gasteiger partial charge is 0.507 e. The van der Waals surface area contributed by atoms with Gasteiger partial charge in [-0.2, -0.15) is 0 Å². The van der Waals surface area contributed by atoms with Gasteiger partial charge < -0.3 is 10.8 Å². The van der Waals surface area contributed by atoms with Crippen molar-refractivity contribution in [3.8, 4) is 5.75 Å². The Hall–Kier alpha value is -1.91. The molecule has 1 rings (SSSR count).